The van der Waals surface area contributed by atoms with Crippen LogP contribution < -0.4 is 0 Å². The predicted octanol–water partition coefficient (Wildman–Crippen LogP) is 4.53. The molecule has 5 heteroatoms. The first-order chi connectivity index (χ1) is 9.93. The van der Waals surface area contributed by atoms with Gasteiger partial charge in [0.05, 0.1) is 21.7 Å². The van der Waals surface area contributed by atoms with Crippen LogP contribution in [0, 0.1) is 0 Å². The van der Waals surface area contributed by atoms with Crippen LogP contribution in [-0.2, 0) is 0 Å². The molecule has 0 saturated carbocycles. The Kier molecular flexibility index (Phi) is 4.76. The second-order valence-corrected chi connectivity index (χ2v) is 5.56. The van der Waals surface area contributed by atoms with Crippen molar-refractivity contribution in [1.82, 2.24) is 4.90 Å². The summed E-state index contributed by atoms with van der Waals surface area (Å²) in [5.74, 6) is -0.142. The normalized spacial score (nSPS) is 12.0. The second kappa shape index (κ2) is 6.37. The molecule has 21 heavy (non-hydrogen) atoms. The number of carbonyl (C=O) groups is 1. The number of carbonyl (C=O) groups excluding carboxylic acids is 1. The number of nitrogens with zero attached hydrogens (tertiary/aromatic N) is 1. The average Bonchev–Trinajstić information content (AvgIpc) is 2.46. The van der Waals surface area contributed by atoms with Crippen LogP contribution >= 0.6 is 23.2 Å². The van der Waals surface area contributed by atoms with E-state index >= 15 is 0 Å². The Labute approximate surface area is 133 Å². The van der Waals surface area contributed by atoms with Crippen molar-refractivity contribution in [2.75, 3.05) is 7.05 Å². The molecule has 0 bridgehead atoms. The molecule has 0 aliphatic carbocycles. The van der Waals surface area contributed by atoms with Gasteiger partial charge in [0.25, 0.3) is 5.91 Å². The van der Waals surface area contributed by atoms with Crippen LogP contribution in [0.2, 0.25) is 10.0 Å². The Morgan fingerprint density at radius 3 is 2.24 bits per heavy atom. The molecular weight excluding hydrogens is 309 g/mol. The number of halogens is 2. The van der Waals surface area contributed by atoms with Crippen molar-refractivity contribution in [1.29, 1.82) is 0 Å². The molecule has 0 saturated heterocycles. The van der Waals surface area contributed by atoms with Gasteiger partial charge in [-0.1, -0.05) is 47.5 Å². The number of phenolic OH excluding ortho intramolecular Hbond substituents is 1. The molecule has 1 amide bonds. The molecule has 0 aromatic heterocycles. The van der Waals surface area contributed by atoms with Crippen LogP contribution in [0.4, 0.5) is 0 Å². The van der Waals surface area contributed by atoms with Gasteiger partial charge >= 0.3 is 0 Å². The zero-order chi connectivity index (χ0) is 15.6. The molecule has 0 aliphatic rings. The third-order valence-electron chi connectivity index (χ3n) is 3.46. The number of hydrogen-bond donors (Lipinski definition) is 1. The van der Waals surface area contributed by atoms with E-state index in [4.69, 9.17) is 23.2 Å². The SMILES string of the molecule is CC(c1ccccc1O)N(C)C(=O)c1c(Cl)cccc1Cl. The van der Waals surface area contributed by atoms with Gasteiger partial charge in [0.1, 0.15) is 5.75 Å². The lowest BCUT2D eigenvalue weighted by atomic mass is 10.0. The van der Waals surface area contributed by atoms with E-state index in [9.17, 15) is 9.90 Å². The maximum atomic E-state index is 12.6. The van der Waals surface area contributed by atoms with Gasteiger partial charge in [-0.05, 0) is 25.1 Å². The summed E-state index contributed by atoms with van der Waals surface area (Å²) in [5.41, 5.74) is 0.933. The van der Waals surface area contributed by atoms with E-state index in [2.05, 4.69) is 0 Å². The number of amides is 1. The Morgan fingerprint density at radius 1 is 1.10 bits per heavy atom. The Bertz CT molecular complexity index is 653. The van der Waals surface area contributed by atoms with Gasteiger partial charge < -0.3 is 10.0 Å². The summed E-state index contributed by atoms with van der Waals surface area (Å²) in [5, 5.41) is 10.5. The Balaban J connectivity index is 2.34. The van der Waals surface area contributed by atoms with E-state index in [1.807, 2.05) is 13.0 Å². The molecule has 1 unspecified atom stereocenters. The monoisotopic (exact) mass is 323 g/mol. The lowest BCUT2D eigenvalue weighted by Gasteiger charge is -2.26. The van der Waals surface area contributed by atoms with Gasteiger partial charge in [0.15, 0.2) is 0 Å². The third-order valence-corrected chi connectivity index (χ3v) is 4.09. The largest absolute Gasteiger partial charge is 0.508 e. The van der Waals surface area contributed by atoms with Gasteiger partial charge in [-0.25, -0.2) is 0 Å². The fraction of sp³-hybridized carbons (Fsp3) is 0.188. The molecule has 2 aromatic rings. The second-order valence-electron chi connectivity index (χ2n) is 4.75. The van der Waals surface area contributed by atoms with Crippen LogP contribution in [0.25, 0.3) is 0 Å². The van der Waals surface area contributed by atoms with Crippen LogP contribution in [0.1, 0.15) is 28.9 Å². The quantitative estimate of drug-likeness (QED) is 0.901. The summed E-state index contributed by atoms with van der Waals surface area (Å²) in [6.45, 7) is 1.83. The van der Waals surface area contributed by atoms with E-state index in [1.54, 1.807) is 43.4 Å². The van der Waals surface area contributed by atoms with Gasteiger partial charge in [-0.3, -0.25) is 4.79 Å². The zero-order valence-electron chi connectivity index (χ0n) is 11.7. The van der Waals surface area contributed by atoms with Gasteiger partial charge in [-0.2, -0.15) is 0 Å². The maximum Gasteiger partial charge on any atom is 0.257 e. The van der Waals surface area contributed by atoms with Crippen molar-refractivity contribution >= 4 is 29.1 Å². The molecule has 0 heterocycles. The molecule has 0 radical (unpaired) electrons. The van der Waals surface area contributed by atoms with Crippen LogP contribution in [0.5, 0.6) is 5.75 Å². The first-order valence-corrected chi connectivity index (χ1v) is 7.18. The van der Waals surface area contributed by atoms with E-state index in [-0.39, 0.29) is 23.3 Å². The fourth-order valence-electron chi connectivity index (χ4n) is 2.10. The van der Waals surface area contributed by atoms with Crippen molar-refractivity contribution in [2.24, 2.45) is 0 Å². The highest BCUT2D eigenvalue weighted by Crippen LogP contribution is 2.31. The molecule has 0 aliphatic heterocycles. The Hall–Kier alpha value is -1.71. The van der Waals surface area contributed by atoms with Crippen molar-refractivity contribution in [3.8, 4) is 5.75 Å². The Morgan fingerprint density at radius 2 is 1.67 bits per heavy atom. The number of rotatable bonds is 3. The molecule has 1 N–H and O–H groups in total. The molecule has 3 nitrogen and oxygen atoms in total. The van der Waals surface area contributed by atoms with Crippen molar-refractivity contribution in [3.63, 3.8) is 0 Å². The van der Waals surface area contributed by atoms with Crippen molar-refractivity contribution in [2.45, 2.75) is 13.0 Å². The lowest BCUT2D eigenvalue weighted by molar-refractivity contribution is 0.0741. The first-order valence-electron chi connectivity index (χ1n) is 6.42. The number of hydrogen-bond acceptors (Lipinski definition) is 2. The first kappa shape index (κ1) is 15.7. The average molecular weight is 324 g/mol. The smallest absolute Gasteiger partial charge is 0.257 e. The lowest BCUT2D eigenvalue weighted by Crippen LogP contribution is -2.30. The summed E-state index contributed by atoms with van der Waals surface area (Å²) in [6, 6.07) is 11.5. The summed E-state index contributed by atoms with van der Waals surface area (Å²) in [6.07, 6.45) is 0. The molecule has 2 rings (SSSR count). The van der Waals surface area contributed by atoms with E-state index in [1.165, 1.54) is 4.90 Å². The van der Waals surface area contributed by atoms with Crippen molar-refractivity contribution < 1.29 is 9.90 Å². The highest BCUT2D eigenvalue weighted by Gasteiger charge is 2.24. The minimum atomic E-state index is -0.314. The van der Waals surface area contributed by atoms with Gasteiger partial charge in [-0.15, -0.1) is 0 Å². The summed E-state index contributed by atoms with van der Waals surface area (Å²) in [7, 11) is 1.65. The molecule has 0 fully saturated rings. The van der Waals surface area contributed by atoms with Gasteiger partial charge in [0.2, 0.25) is 0 Å². The number of aromatic hydroxyl groups is 1. The highest BCUT2D eigenvalue weighted by molar-refractivity contribution is 6.39. The highest BCUT2D eigenvalue weighted by atomic mass is 35.5. The summed E-state index contributed by atoms with van der Waals surface area (Å²) in [4.78, 5) is 14.1. The molecule has 110 valence electrons. The van der Waals surface area contributed by atoms with Crippen LogP contribution in [0.3, 0.4) is 0 Å². The van der Waals surface area contributed by atoms with Crippen LogP contribution in [-0.4, -0.2) is 23.0 Å². The number of benzene rings is 2. The van der Waals surface area contributed by atoms with E-state index < -0.39 is 0 Å². The standard InChI is InChI=1S/C16H15Cl2NO2/c1-10(11-6-3-4-9-14(11)20)19(2)16(21)15-12(17)7-5-8-13(15)18/h3-10,20H,1-2H3. The van der Waals surface area contributed by atoms with Crippen LogP contribution in [0.15, 0.2) is 42.5 Å². The molecule has 1 atom stereocenters. The molecule has 0 spiro atoms. The topological polar surface area (TPSA) is 40.5 Å². The number of phenols is 1. The zero-order valence-corrected chi connectivity index (χ0v) is 13.2. The summed E-state index contributed by atoms with van der Waals surface area (Å²) < 4.78 is 0. The van der Waals surface area contributed by atoms with Gasteiger partial charge in [0, 0.05) is 12.6 Å². The maximum absolute atomic E-state index is 12.6. The van der Waals surface area contributed by atoms with E-state index in [0.717, 1.165) is 0 Å². The summed E-state index contributed by atoms with van der Waals surface area (Å²) >= 11 is 12.1. The predicted molar refractivity (Wildman–Crippen MR) is 85.1 cm³/mol. The van der Waals surface area contributed by atoms with E-state index in [0.29, 0.717) is 15.6 Å². The molecular formula is C16H15Cl2NO2. The molecule has 2 aromatic carbocycles. The minimum absolute atomic E-state index is 0.148. The van der Waals surface area contributed by atoms with Crippen molar-refractivity contribution in [3.05, 3.63) is 63.6 Å². The fourth-order valence-corrected chi connectivity index (χ4v) is 2.66. The third kappa shape index (κ3) is 3.14. The minimum Gasteiger partial charge on any atom is -0.508 e. The number of para-hydroxylation sites is 1.